The van der Waals surface area contributed by atoms with Crippen LogP contribution in [0.25, 0.3) is 0 Å². The molecule has 3 heterocycles. The molecule has 1 atom stereocenters. The Morgan fingerprint density at radius 3 is 3.00 bits per heavy atom. The normalized spacial score (nSPS) is 26.9. The summed E-state index contributed by atoms with van der Waals surface area (Å²) in [5, 5.41) is 9.53. The minimum atomic E-state index is 0.568. The van der Waals surface area contributed by atoms with Gasteiger partial charge in [-0.05, 0) is 19.4 Å². The maximum absolute atomic E-state index is 5.60. The predicted molar refractivity (Wildman–Crippen MR) is 61.1 cm³/mol. The molecule has 2 aliphatic heterocycles. The van der Waals surface area contributed by atoms with Crippen LogP contribution in [0.1, 0.15) is 12.8 Å². The van der Waals surface area contributed by atoms with Gasteiger partial charge in [-0.25, -0.2) is 0 Å². The van der Waals surface area contributed by atoms with Crippen LogP contribution in [0, 0.1) is 0 Å². The summed E-state index contributed by atoms with van der Waals surface area (Å²) >= 11 is 1.49. The molecule has 0 radical (unpaired) electrons. The van der Waals surface area contributed by atoms with E-state index < -0.39 is 0 Å². The summed E-state index contributed by atoms with van der Waals surface area (Å²) in [6.45, 7) is 4.58. The highest BCUT2D eigenvalue weighted by molar-refractivity contribution is 7.18. The van der Waals surface area contributed by atoms with Gasteiger partial charge in [-0.2, -0.15) is 0 Å². The molecule has 2 fully saturated rings. The Morgan fingerprint density at radius 1 is 1.27 bits per heavy atom. The molecule has 0 bridgehead atoms. The number of hydrogen-bond acceptors (Lipinski definition) is 6. The molecule has 3 rings (SSSR count). The van der Waals surface area contributed by atoms with Gasteiger partial charge >= 0.3 is 0 Å². The highest BCUT2D eigenvalue weighted by Crippen LogP contribution is 2.27. The molecule has 1 aromatic rings. The predicted octanol–water partition coefficient (Wildman–Crippen LogP) is 0.405. The van der Waals surface area contributed by atoms with Crippen molar-refractivity contribution in [1.29, 1.82) is 0 Å². The highest BCUT2D eigenvalue weighted by Gasteiger charge is 2.31. The molecule has 5 nitrogen and oxygen atoms in total. The molecular formula is C9H15N5S. The SMILES string of the molecule is Nc1nnc(N2CCN3CCC[C@H]3C2)s1. The summed E-state index contributed by atoms with van der Waals surface area (Å²) in [6, 6.07) is 0.726. The number of hydrogen-bond donors (Lipinski definition) is 1. The van der Waals surface area contributed by atoms with E-state index in [4.69, 9.17) is 5.73 Å². The Balaban J connectivity index is 1.73. The maximum atomic E-state index is 5.60. The number of nitrogens with zero attached hydrogens (tertiary/aromatic N) is 4. The molecule has 6 heteroatoms. The monoisotopic (exact) mass is 225 g/mol. The second-order valence-electron chi connectivity index (χ2n) is 4.20. The fraction of sp³-hybridized carbons (Fsp3) is 0.778. The van der Waals surface area contributed by atoms with Gasteiger partial charge < -0.3 is 10.6 Å². The van der Waals surface area contributed by atoms with E-state index in [1.54, 1.807) is 0 Å². The first kappa shape index (κ1) is 9.35. The number of piperazine rings is 1. The average molecular weight is 225 g/mol. The molecule has 2 N–H and O–H groups in total. The number of nitrogen functional groups attached to an aromatic ring is 1. The van der Waals surface area contributed by atoms with Crippen molar-refractivity contribution in [3.8, 4) is 0 Å². The van der Waals surface area contributed by atoms with Crippen LogP contribution in [-0.2, 0) is 0 Å². The lowest BCUT2D eigenvalue weighted by atomic mass is 10.2. The molecular weight excluding hydrogens is 210 g/mol. The number of rotatable bonds is 1. The van der Waals surface area contributed by atoms with Crippen LogP contribution in [0.4, 0.5) is 10.3 Å². The Kier molecular flexibility index (Phi) is 2.25. The van der Waals surface area contributed by atoms with Gasteiger partial charge in [0.15, 0.2) is 0 Å². The van der Waals surface area contributed by atoms with E-state index >= 15 is 0 Å². The minimum Gasteiger partial charge on any atom is -0.374 e. The van der Waals surface area contributed by atoms with Gasteiger partial charge in [0.25, 0.3) is 0 Å². The third-order valence-electron chi connectivity index (χ3n) is 3.29. The Hall–Kier alpha value is -0.880. The van der Waals surface area contributed by atoms with E-state index in [0.29, 0.717) is 5.13 Å². The zero-order valence-electron chi connectivity index (χ0n) is 8.59. The zero-order chi connectivity index (χ0) is 10.3. The number of nitrogens with two attached hydrogens (primary N) is 1. The number of fused-ring (bicyclic) bond motifs is 1. The van der Waals surface area contributed by atoms with E-state index in [0.717, 1.165) is 30.8 Å². The number of aromatic nitrogens is 2. The lowest BCUT2D eigenvalue weighted by Gasteiger charge is -2.37. The van der Waals surface area contributed by atoms with Gasteiger partial charge in [-0.1, -0.05) is 11.3 Å². The molecule has 0 saturated carbocycles. The van der Waals surface area contributed by atoms with E-state index in [9.17, 15) is 0 Å². The van der Waals surface area contributed by atoms with Crippen molar-refractivity contribution in [2.75, 3.05) is 36.8 Å². The molecule has 0 unspecified atom stereocenters. The number of anilines is 2. The topological polar surface area (TPSA) is 58.3 Å². The minimum absolute atomic E-state index is 0.568. The van der Waals surface area contributed by atoms with Crippen molar-refractivity contribution in [2.45, 2.75) is 18.9 Å². The van der Waals surface area contributed by atoms with Crippen molar-refractivity contribution in [1.82, 2.24) is 15.1 Å². The summed E-state index contributed by atoms with van der Waals surface area (Å²) in [4.78, 5) is 4.90. The second kappa shape index (κ2) is 3.61. The first-order valence-electron chi connectivity index (χ1n) is 5.41. The molecule has 0 amide bonds. The smallest absolute Gasteiger partial charge is 0.210 e. The standard InChI is InChI=1S/C9H15N5S/c10-8-11-12-9(15-8)14-5-4-13-3-1-2-7(13)6-14/h7H,1-6H2,(H2,10,11)/t7-/m0/s1. The molecule has 0 aliphatic carbocycles. The Morgan fingerprint density at radius 2 is 2.20 bits per heavy atom. The van der Waals surface area contributed by atoms with Gasteiger partial charge in [0, 0.05) is 25.7 Å². The van der Waals surface area contributed by atoms with Crippen molar-refractivity contribution in [3.05, 3.63) is 0 Å². The van der Waals surface area contributed by atoms with E-state index in [2.05, 4.69) is 20.0 Å². The molecule has 1 aromatic heterocycles. The summed E-state index contributed by atoms with van der Waals surface area (Å²) in [7, 11) is 0. The largest absolute Gasteiger partial charge is 0.374 e. The van der Waals surface area contributed by atoms with Crippen molar-refractivity contribution in [3.63, 3.8) is 0 Å². The Labute approximate surface area is 92.9 Å². The van der Waals surface area contributed by atoms with Crippen LogP contribution >= 0.6 is 11.3 Å². The molecule has 0 aromatic carbocycles. The molecule has 15 heavy (non-hydrogen) atoms. The van der Waals surface area contributed by atoms with Crippen molar-refractivity contribution < 1.29 is 0 Å². The van der Waals surface area contributed by atoms with Crippen LogP contribution in [0.3, 0.4) is 0 Å². The molecule has 2 aliphatic rings. The summed E-state index contributed by atoms with van der Waals surface area (Å²) < 4.78 is 0. The summed E-state index contributed by atoms with van der Waals surface area (Å²) in [5.74, 6) is 0. The Bertz CT molecular complexity index is 352. The van der Waals surface area contributed by atoms with E-state index in [-0.39, 0.29) is 0 Å². The summed E-state index contributed by atoms with van der Waals surface area (Å²) in [6.07, 6.45) is 2.67. The van der Waals surface area contributed by atoms with Crippen LogP contribution in [0.15, 0.2) is 0 Å². The van der Waals surface area contributed by atoms with Gasteiger partial charge in [0.2, 0.25) is 10.3 Å². The van der Waals surface area contributed by atoms with Gasteiger partial charge in [0.05, 0.1) is 0 Å². The van der Waals surface area contributed by atoms with Crippen LogP contribution in [0.5, 0.6) is 0 Å². The van der Waals surface area contributed by atoms with Crippen molar-refractivity contribution in [2.24, 2.45) is 0 Å². The lowest BCUT2D eigenvalue weighted by Crippen LogP contribution is -2.50. The van der Waals surface area contributed by atoms with E-state index in [1.807, 2.05) is 0 Å². The zero-order valence-corrected chi connectivity index (χ0v) is 9.41. The third kappa shape index (κ3) is 1.68. The fourth-order valence-electron chi connectivity index (χ4n) is 2.52. The van der Waals surface area contributed by atoms with Gasteiger partial charge in [0.1, 0.15) is 0 Å². The van der Waals surface area contributed by atoms with Gasteiger partial charge in [-0.3, -0.25) is 4.90 Å². The molecule has 82 valence electrons. The lowest BCUT2D eigenvalue weighted by molar-refractivity contribution is 0.231. The fourth-order valence-corrected chi connectivity index (χ4v) is 3.16. The first-order valence-corrected chi connectivity index (χ1v) is 6.22. The van der Waals surface area contributed by atoms with Crippen LogP contribution < -0.4 is 10.6 Å². The highest BCUT2D eigenvalue weighted by atomic mass is 32.1. The molecule has 0 spiro atoms. The van der Waals surface area contributed by atoms with Crippen LogP contribution in [0.2, 0.25) is 0 Å². The molecule has 2 saturated heterocycles. The van der Waals surface area contributed by atoms with E-state index in [1.165, 1.54) is 30.7 Å². The first-order chi connectivity index (χ1) is 7.33. The summed E-state index contributed by atoms with van der Waals surface area (Å²) in [5.41, 5.74) is 5.60. The quantitative estimate of drug-likeness (QED) is 0.750. The third-order valence-corrected chi connectivity index (χ3v) is 4.10. The second-order valence-corrected chi connectivity index (χ2v) is 5.19. The average Bonchev–Trinajstić information content (AvgIpc) is 2.84. The maximum Gasteiger partial charge on any atom is 0.210 e. The van der Waals surface area contributed by atoms with Gasteiger partial charge in [-0.15, -0.1) is 10.2 Å². The van der Waals surface area contributed by atoms with Crippen LogP contribution in [-0.4, -0.2) is 47.3 Å². The van der Waals surface area contributed by atoms with Crippen molar-refractivity contribution >= 4 is 21.6 Å².